The van der Waals surface area contributed by atoms with Gasteiger partial charge in [-0.1, -0.05) is 12.1 Å². The van der Waals surface area contributed by atoms with Crippen LogP contribution in [0.3, 0.4) is 0 Å². The molecular formula is C18H24ClFN2O3. The van der Waals surface area contributed by atoms with Crippen LogP contribution < -0.4 is 10.6 Å². The Kier molecular flexibility index (Phi) is 6.41. The van der Waals surface area contributed by atoms with Gasteiger partial charge in [-0.15, -0.1) is 12.4 Å². The Hall–Kier alpha value is -1.66. The molecule has 138 valence electrons. The first-order valence-corrected chi connectivity index (χ1v) is 8.37. The van der Waals surface area contributed by atoms with Crippen LogP contribution in [0.5, 0.6) is 0 Å². The van der Waals surface area contributed by atoms with Crippen LogP contribution in [0.2, 0.25) is 0 Å². The van der Waals surface area contributed by atoms with Gasteiger partial charge in [0.2, 0.25) is 5.91 Å². The number of benzene rings is 1. The maximum Gasteiger partial charge on any atom is 0.307 e. The number of esters is 1. The second kappa shape index (κ2) is 8.15. The topological polar surface area (TPSA) is 67.4 Å². The van der Waals surface area contributed by atoms with Gasteiger partial charge in [0.05, 0.1) is 19.6 Å². The van der Waals surface area contributed by atoms with Crippen LogP contribution >= 0.6 is 12.4 Å². The predicted octanol–water partition coefficient (Wildman–Crippen LogP) is 2.36. The molecule has 1 saturated heterocycles. The number of hydrogen-bond acceptors (Lipinski definition) is 4. The number of carbonyl (C=O) groups excluding carboxylic acids is 2. The lowest BCUT2D eigenvalue weighted by atomic mass is 9.91. The van der Waals surface area contributed by atoms with Gasteiger partial charge in [0, 0.05) is 5.92 Å². The third kappa shape index (κ3) is 4.50. The summed E-state index contributed by atoms with van der Waals surface area (Å²) in [4.78, 5) is 24.3. The van der Waals surface area contributed by atoms with Crippen LogP contribution in [-0.2, 0) is 14.3 Å². The Morgan fingerprint density at radius 2 is 1.96 bits per heavy atom. The van der Waals surface area contributed by atoms with Crippen molar-refractivity contribution in [2.24, 2.45) is 11.3 Å². The van der Waals surface area contributed by atoms with E-state index in [1.807, 2.05) is 0 Å². The standard InChI is InChI=1S/C18H23FN2O3.ClH/c1-24-16(22)10-15(12-2-4-13(19)5-3-12)21-17(23)14-11-18(14)6-8-20-9-7-18;/h2-5,14-15,20H,6-11H2,1H3,(H,21,23);1H. The Bertz CT molecular complexity index is 617. The van der Waals surface area contributed by atoms with Crippen molar-refractivity contribution in [1.29, 1.82) is 0 Å². The van der Waals surface area contributed by atoms with E-state index in [0.29, 0.717) is 5.56 Å². The second-order valence-electron chi connectivity index (χ2n) is 6.76. The van der Waals surface area contributed by atoms with E-state index in [1.165, 1.54) is 19.2 Å². The van der Waals surface area contributed by atoms with E-state index in [9.17, 15) is 14.0 Å². The highest BCUT2D eigenvalue weighted by Crippen LogP contribution is 2.58. The Morgan fingerprint density at radius 3 is 2.56 bits per heavy atom. The van der Waals surface area contributed by atoms with Crippen LogP contribution in [0.1, 0.15) is 37.3 Å². The molecule has 1 aromatic carbocycles. The number of nitrogens with one attached hydrogen (secondary N) is 2. The van der Waals surface area contributed by atoms with Gasteiger partial charge >= 0.3 is 5.97 Å². The fourth-order valence-electron chi connectivity index (χ4n) is 3.67. The quantitative estimate of drug-likeness (QED) is 0.781. The second-order valence-corrected chi connectivity index (χ2v) is 6.76. The van der Waals surface area contributed by atoms with Crippen molar-refractivity contribution in [3.8, 4) is 0 Å². The number of amides is 1. The summed E-state index contributed by atoms with van der Waals surface area (Å²) in [6.45, 7) is 1.90. The summed E-state index contributed by atoms with van der Waals surface area (Å²) in [5, 5.41) is 6.29. The van der Waals surface area contributed by atoms with Gasteiger partial charge in [0.15, 0.2) is 0 Å². The largest absolute Gasteiger partial charge is 0.469 e. The molecule has 25 heavy (non-hydrogen) atoms. The summed E-state index contributed by atoms with van der Waals surface area (Å²) < 4.78 is 17.9. The van der Waals surface area contributed by atoms with Crippen molar-refractivity contribution in [2.45, 2.75) is 31.7 Å². The highest BCUT2D eigenvalue weighted by molar-refractivity contribution is 5.85. The van der Waals surface area contributed by atoms with Gasteiger partial charge in [-0.2, -0.15) is 0 Å². The average Bonchev–Trinajstić information content (AvgIpc) is 3.28. The van der Waals surface area contributed by atoms with Gasteiger partial charge in [0.1, 0.15) is 5.82 Å². The molecule has 2 aliphatic rings. The van der Waals surface area contributed by atoms with Crippen molar-refractivity contribution in [1.82, 2.24) is 10.6 Å². The van der Waals surface area contributed by atoms with E-state index in [4.69, 9.17) is 4.74 Å². The zero-order valence-electron chi connectivity index (χ0n) is 14.2. The van der Waals surface area contributed by atoms with Crippen molar-refractivity contribution < 1.29 is 18.7 Å². The molecule has 2 unspecified atom stereocenters. The molecule has 2 atom stereocenters. The van der Waals surface area contributed by atoms with Gasteiger partial charge < -0.3 is 15.4 Å². The van der Waals surface area contributed by atoms with Crippen molar-refractivity contribution >= 4 is 24.3 Å². The van der Waals surface area contributed by atoms with Crippen molar-refractivity contribution in [3.05, 3.63) is 35.6 Å². The van der Waals surface area contributed by atoms with Gasteiger partial charge in [-0.3, -0.25) is 9.59 Å². The number of ether oxygens (including phenoxy) is 1. The molecule has 1 amide bonds. The Balaban J connectivity index is 0.00000225. The van der Waals surface area contributed by atoms with E-state index in [0.717, 1.165) is 32.4 Å². The van der Waals surface area contributed by atoms with E-state index in [2.05, 4.69) is 10.6 Å². The van der Waals surface area contributed by atoms with Crippen LogP contribution in [-0.4, -0.2) is 32.1 Å². The monoisotopic (exact) mass is 370 g/mol. The Morgan fingerprint density at radius 1 is 1.32 bits per heavy atom. The molecule has 0 bridgehead atoms. The molecule has 5 nitrogen and oxygen atoms in total. The summed E-state index contributed by atoms with van der Waals surface area (Å²) in [6, 6.07) is 5.35. The molecule has 2 fully saturated rings. The lowest BCUT2D eigenvalue weighted by Crippen LogP contribution is -2.36. The molecular weight excluding hydrogens is 347 g/mol. The summed E-state index contributed by atoms with van der Waals surface area (Å²) in [6.07, 6.45) is 2.98. The SMILES string of the molecule is COC(=O)CC(NC(=O)C1CC12CCNCC2)c1ccc(F)cc1.Cl. The summed E-state index contributed by atoms with van der Waals surface area (Å²) in [5.41, 5.74) is 0.837. The third-order valence-electron chi connectivity index (χ3n) is 5.29. The number of methoxy groups -OCH3 is 1. The molecule has 1 heterocycles. The first kappa shape index (κ1) is 19.7. The molecule has 1 aliphatic carbocycles. The molecule has 0 radical (unpaired) electrons. The first-order valence-electron chi connectivity index (χ1n) is 8.37. The summed E-state index contributed by atoms with van der Waals surface area (Å²) in [7, 11) is 1.32. The maximum absolute atomic E-state index is 13.1. The summed E-state index contributed by atoms with van der Waals surface area (Å²) >= 11 is 0. The van der Waals surface area contributed by atoms with Crippen LogP contribution in [0.25, 0.3) is 0 Å². The lowest BCUT2D eigenvalue weighted by molar-refractivity contribution is -0.141. The number of carbonyl (C=O) groups is 2. The zero-order chi connectivity index (χ0) is 17.2. The van der Waals surface area contributed by atoms with Crippen LogP contribution in [0, 0.1) is 17.2 Å². The molecule has 1 spiro atoms. The molecule has 2 N–H and O–H groups in total. The van der Waals surface area contributed by atoms with Crippen LogP contribution in [0.4, 0.5) is 4.39 Å². The van der Waals surface area contributed by atoms with E-state index in [1.54, 1.807) is 12.1 Å². The minimum atomic E-state index is -0.495. The van der Waals surface area contributed by atoms with Crippen molar-refractivity contribution in [3.63, 3.8) is 0 Å². The molecule has 1 aliphatic heterocycles. The predicted molar refractivity (Wildman–Crippen MR) is 93.8 cm³/mol. The zero-order valence-corrected chi connectivity index (χ0v) is 15.0. The fourth-order valence-corrected chi connectivity index (χ4v) is 3.67. The smallest absolute Gasteiger partial charge is 0.307 e. The van der Waals surface area contributed by atoms with E-state index >= 15 is 0 Å². The van der Waals surface area contributed by atoms with Gasteiger partial charge in [-0.25, -0.2) is 4.39 Å². The summed E-state index contributed by atoms with van der Waals surface area (Å²) in [5.74, 6) is -0.759. The normalized spacial score (nSPS) is 21.8. The minimum absolute atomic E-state index is 0. The van der Waals surface area contributed by atoms with Gasteiger partial charge in [0.25, 0.3) is 0 Å². The van der Waals surface area contributed by atoms with E-state index in [-0.39, 0.29) is 41.9 Å². The third-order valence-corrected chi connectivity index (χ3v) is 5.29. The number of hydrogen-bond donors (Lipinski definition) is 2. The minimum Gasteiger partial charge on any atom is -0.469 e. The van der Waals surface area contributed by atoms with Crippen molar-refractivity contribution in [2.75, 3.05) is 20.2 Å². The fraction of sp³-hybridized carbons (Fsp3) is 0.556. The highest BCUT2D eigenvalue weighted by atomic mass is 35.5. The average molecular weight is 371 g/mol. The molecule has 1 saturated carbocycles. The van der Waals surface area contributed by atoms with Gasteiger partial charge in [-0.05, 0) is 55.5 Å². The number of rotatable bonds is 5. The lowest BCUT2D eigenvalue weighted by Gasteiger charge is -2.24. The number of piperidine rings is 1. The molecule has 3 rings (SSSR count). The Labute approximate surface area is 153 Å². The van der Waals surface area contributed by atoms with Crippen LogP contribution in [0.15, 0.2) is 24.3 Å². The molecule has 1 aromatic rings. The first-order chi connectivity index (χ1) is 11.5. The maximum atomic E-state index is 13.1. The highest BCUT2D eigenvalue weighted by Gasteiger charge is 2.57. The van der Waals surface area contributed by atoms with E-state index < -0.39 is 12.0 Å². The number of halogens is 2. The molecule has 0 aromatic heterocycles. The molecule has 7 heteroatoms.